The van der Waals surface area contributed by atoms with Crippen LogP contribution in [0.1, 0.15) is 47.0 Å². The summed E-state index contributed by atoms with van der Waals surface area (Å²) >= 11 is 0. The second kappa shape index (κ2) is 9.99. The van der Waals surface area contributed by atoms with Gasteiger partial charge in [-0.05, 0) is 43.1 Å². The van der Waals surface area contributed by atoms with Crippen LogP contribution in [-0.4, -0.2) is 38.0 Å². The minimum absolute atomic E-state index is 0.158. The number of nitrogens with zero attached hydrogens (tertiary/aromatic N) is 1. The number of carbonyl (C=O) groups is 1. The molecule has 1 aliphatic rings. The lowest BCUT2D eigenvalue weighted by Crippen LogP contribution is -2.40. The predicted octanol–water partition coefficient (Wildman–Crippen LogP) is 4.81. The van der Waals surface area contributed by atoms with Gasteiger partial charge in [0, 0.05) is 23.8 Å². The molecule has 1 aliphatic carbocycles. The summed E-state index contributed by atoms with van der Waals surface area (Å²) in [5.41, 5.74) is 0.811. The summed E-state index contributed by atoms with van der Waals surface area (Å²) in [5.74, 6) is -0.457. The number of ether oxygens (including phenoxy) is 1. The molecule has 0 aliphatic heterocycles. The van der Waals surface area contributed by atoms with Crippen LogP contribution in [0.2, 0.25) is 18.1 Å². The van der Waals surface area contributed by atoms with Gasteiger partial charge in [0.05, 0.1) is 6.61 Å². The standard InChI is InChI=1S/C20H33NO5Si/c1-16(9-8-14-25-27(5,6)20(2,3)4)26-19(22)13-12-17-10-7-11-18(15-17)21(23)24/h8-10,12-13,16,18H,7,11,14-15H2,1-6H3/b9-8-,13-12+/t16-,18?/m1/s1. The van der Waals surface area contributed by atoms with Crippen LogP contribution in [0.15, 0.2) is 36.0 Å². The van der Waals surface area contributed by atoms with Crippen LogP contribution in [-0.2, 0) is 14.0 Å². The van der Waals surface area contributed by atoms with Gasteiger partial charge in [0.15, 0.2) is 8.32 Å². The van der Waals surface area contributed by atoms with E-state index in [1.165, 1.54) is 6.08 Å². The minimum Gasteiger partial charge on any atom is -0.455 e. The van der Waals surface area contributed by atoms with Crippen molar-refractivity contribution < 1.29 is 18.9 Å². The molecule has 0 N–H and O–H groups in total. The number of rotatable bonds is 8. The van der Waals surface area contributed by atoms with Crippen molar-refractivity contribution in [3.63, 3.8) is 0 Å². The van der Waals surface area contributed by atoms with Gasteiger partial charge < -0.3 is 9.16 Å². The van der Waals surface area contributed by atoms with Crippen LogP contribution >= 0.6 is 0 Å². The minimum atomic E-state index is -1.78. The highest BCUT2D eigenvalue weighted by Gasteiger charge is 2.36. The lowest BCUT2D eigenvalue weighted by atomic mass is 9.95. The van der Waals surface area contributed by atoms with Crippen molar-refractivity contribution in [3.8, 4) is 0 Å². The van der Waals surface area contributed by atoms with Gasteiger partial charge in [0.25, 0.3) is 0 Å². The van der Waals surface area contributed by atoms with E-state index in [-0.39, 0.29) is 16.1 Å². The summed E-state index contributed by atoms with van der Waals surface area (Å²) in [6.45, 7) is 13.2. The molecule has 0 fully saturated rings. The summed E-state index contributed by atoms with van der Waals surface area (Å²) in [6, 6.07) is -0.562. The average Bonchev–Trinajstić information content (AvgIpc) is 2.56. The van der Waals surface area contributed by atoms with Crippen molar-refractivity contribution in [2.75, 3.05) is 6.61 Å². The first-order chi connectivity index (χ1) is 12.4. The van der Waals surface area contributed by atoms with Crippen molar-refractivity contribution in [1.82, 2.24) is 0 Å². The second-order valence-corrected chi connectivity index (χ2v) is 13.3. The SMILES string of the molecule is C[C@H](/C=C\CO[Si](C)(C)C(C)(C)C)OC(=O)/C=C/C1=CCCC([N+](=O)[O-])C1. The molecule has 0 saturated carbocycles. The summed E-state index contributed by atoms with van der Waals surface area (Å²) in [7, 11) is -1.78. The molecule has 0 amide bonds. The van der Waals surface area contributed by atoms with Crippen LogP contribution in [0, 0.1) is 10.1 Å². The van der Waals surface area contributed by atoms with E-state index in [0.29, 0.717) is 25.9 Å². The summed E-state index contributed by atoms with van der Waals surface area (Å²) in [4.78, 5) is 22.5. The van der Waals surface area contributed by atoms with Crippen molar-refractivity contribution in [3.05, 3.63) is 46.1 Å². The maximum absolute atomic E-state index is 11.9. The van der Waals surface area contributed by atoms with E-state index >= 15 is 0 Å². The summed E-state index contributed by atoms with van der Waals surface area (Å²) in [5, 5.41) is 11.0. The highest BCUT2D eigenvalue weighted by molar-refractivity contribution is 6.74. The number of nitro groups is 1. The molecule has 1 rings (SSSR count). The molecule has 2 atom stereocenters. The van der Waals surface area contributed by atoms with Crippen LogP contribution in [0.5, 0.6) is 0 Å². The Morgan fingerprint density at radius 1 is 1.44 bits per heavy atom. The van der Waals surface area contributed by atoms with Gasteiger partial charge in [-0.1, -0.05) is 39.0 Å². The lowest BCUT2D eigenvalue weighted by Gasteiger charge is -2.35. The molecule has 0 saturated heterocycles. The maximum atomic E-state index is 11.9. The monoisotopic (exact) mass is 395 g/mol. The van der Waals surface area contributed by atoms with E-state index in [1.54, 1.807) is 13.0 Å². The van der Waals surface area contributed by atoms with Crippen LogP contribution < -0.4 is 0 Å². The average molecular weight is 396 g/mol. The molecule has 0 aromatic rings. The van der Waals surface area contributed by atoms with Crippen molar-refractivity contribution in [1.29, 1.82) is 0 Å². The Bertz CT molecular complexity index is 616. The fourth-order valence-electron chi connectivity index (χ4n) is 2.39. The van der Waals surface area contributed by atoms with E-state index in [4.69, 9.17) is 9.16 Å². The normalized spacial score (nSPS) is 19.9. The zero-order chi connectivity index (χ0) is 20.7. The maximum Gasteiger partial charge on any atom is 0.331 e. The van der Waals surface area contributed by atoms with Crippen LogP contribution in [0.25, 0.3) is 0 Å². The highest BCUT2D eigenvalue weighted by Crippen LogP contribution is 2.36. The molecule has 0 bridgehead atoms. The molecule has 27 heavy (non-hydrogen) atoms. The number of carbonyl (C=O) groups excluding carboxylic acids is 1. The van der Waals surface area contributed by atoms with Gasteiger partial charge in [-0.2, -0.15) is 0 Å². The quantitative estimate of drug-likeness (QED) is 0.147. The highest BCUT2D eigenvalue weighted by atomic mass is 28.4. The first-order valence-electron chi connectivity index (χ1n) is 9.44. The second-order valence-electron chi connectivity index (χ2n) is 8.47. The molecule has 6 nitrogen and oxygen atoms in total. The number of hydrogen-bond donors (Lipinski definition) is 0. The zero-order valence-electron chi connectivity index (χ0n) is 17.4. The van der Waals surface area contributed by atoms with Gasteiger partial charge in [-0.15, -0.1) is 0 Å². The Kier molecular flexibility index (Phi) is 8.62. The van der Waals surface area contributed by atoms with Gasteiger partial charge >= 0.3 is 5.97 Å². The third-order valence-electron chi connectivity index (χ3n) is 5.17. The Balaban J connectivity index is 2.42. The Morgan fingerprint density at radius 3 is 2.70 bits per heavy atom. The first kappa shape index (κ1) is 23.3. The molecule has 7 heteroatoms. The van der Waals surface area contributed by atoms with Crippen LogP contribution in [0.4, 0.5) is 0 Å². The molecular weight excluding hydrogens is 362 g/mol. The molecule has 0 spiro atoms. The molecule has 0 heterocycles. The van der Waals surface area contributed by atoms with Gasteiger partial charge in [-0.25, -0.2) is 4.79 Å². The first-order valence-corrected chi connectivity index (χ1v) is 12.3. The Morgan fingerprint density at radius 2 is 2.11 bits per heavy atom. The van der Waals surface area contributed by atoms with E-state index < -0.39 is 20.3 Å². The number of esters is 1. The molecule has 0 radical (unpaired) electrons. The molecule has 152 valence electrons. The number of allylic oxidation sites excluding steroid dienone is 2. The topological polar surface area (TPSA) is 78.7 Å². The largest absolute Gasteiger partial charge is 0.455 e. The van der Waals surface area contributed by atoms with Crippen molar-refractivity contribution in [2.24, 2.45) is 0 Å². The fourth-order valence-corrected chi connectivity index (χ4v) is 3.34. The van der Waals surface area contributed by atoms with E-state index in [2.05, 4.69) is 33.9 Å². The zero-order valence-corrected chi connectivity index (χ0v) is 18.4. The van der Waals surface area contributed by atoms with E-state index in [9.17, 15) is 14.9 Å². The molecule has 0 aromatic heterocycles. The van der Waals surface area contributed by atoms with Crippen LogP contribution in [0.3, 0.4) is 0 Å². The van der Waals surface area contributed by atoms with Gasteiger partial charge in [0.1, 0.15) is 6.10 Å². The van der Waals surface area contributed by atoms with Crippen molar-refractivity contribution >= 4 is 14.3 Å². The van der Waals surface area contributed by atoms with E-state index in [0.717, 1.165) is 5.57 Å². The molecule has 0 aromatic carbocycles. The fraction of sp³-hybridized carbons (Fsp3) is 0.650. The Hall–Kier alpha value is -1.73. The van der Waals surface area contributed by atoms with Gasteiger partial charge in [-0.3, -0.25) is 10.1 Å². The Labute approximate surface area is 163 Å². The van der Waals surface area contributed by atoms with Gasteiger partial charge in [0.2, 0.25) is 6.04 Å². The van der Waals surface area contributed by atoms with Crippen molar-refractivity contribution in [2.45, 2.75) is 77.2 Å². The smallest absolute Gasteiger partial charge is 0.331 e. The number of hydrogen-bond acceptors (Lipinski definition) is 5. The molecular formula is C20H33NO5Si. The third kappa shape index (κ3) is 8.22. The third-order valence-corrected chi connectivity index (χ3v) is 9.67. The molecule has 1 unspecified atom stereocenters. The summed E-state index contributed by atoms with van der Waals surface area (Å²) in [6.07, 6.45) is 9.79. The van der Waals surface area contributed by atoms with E-state index in [1.807, 2.05) is 18.2 Å². The predicted molar refractivity (Wildman–Crippen MR) is 110 cm³/mol. The summed E-state index contributed by atoms with van der Waals surface area (Å²) < 4.78 is 11.3. The lowest BCUT2D eigenvalue weighted by molar-refractivity contribution is -0.523.